The molecular formula is C21H29N7O2. The van der Waals surface area contributed by atoms with Gasteiger partial charge in [-0.1, -0.05) is 24.3 Å². The van der Waals surface area contributed by atoms with Crippen molar-refractivity contribution < 1.29 is 9.53 Å². The molecule has 5 rings (SSSR count). The van der Waals surface area contributed by atoms with Crippen molar-refractivity contribution >= 4 is 5.91 Å². The number of nitrogens with zero attached hydrogens (tertiary/aromatic N) is 6. The first kappa shape index (κ1) is 19.6. The molecule has 0 bridgehead atoms. The number of aromatic amines is 1. The van der Waals surface area contributed by atoms with E-state index < -0.39 is 0 Å². The molecule has 0 saturated carbocycles. The molecule has 1 spiro atoms. The Labute approximate surface area is 176 Å². The quantitative estimate of drug-likeness (QED) is 0.745. The van der Waals surface area contributed by atoms with Gasteiger partial charge in [0.15, 0.2) is 0 Å². The van der Waals surface area contributed by atoms with Gasteiger partial charge in [0.25, 0.3) is 0 Å². The normalized spacial score (nSPS) is 25.6. The maximum atomic E-state index is 13.2. The fourth-order valence-electron chi connectivity index (χ4n) is 4.97. The van der Waals surface area contributed by atoms with Gasteiger partial charge in [-0.2, -0.15) is 5.21 Å². The number of aromatic nitrogens is 4. The van der Waals surface area contributed by atoms with Crippen molar-refractivity contribution in [1.82, 2.24) is 35.3 Å². The van der Waals surface area contributed by atoms with Gasteiger partial charge in [-0.3, -0.25) is 14.6 Å². The summed E-state index contributed by atoms with van der Waals surface area (Å²) >= 11 is 0. The molecule has 1 aromatic carbocycles. The molecule has 9 nitrogen and oxygen atoms in total. The standard InChI is InChI=1S/C21H29N7O2/c29-20-21(6-8-28(20)10-9-26-11-13-30-14-12-26)5-7-27(16-21)15-17-1-3-18(4-2-17)19-22-24-25-23-19/h1-4H,5-16H2,(H,22,23,24,25). The fraction of sp³-hybridized carbons (Fsp3) is 0.619. The lowest BCUT2D eigenvalue weighted by Gasteiger charge is -2.29. The van der Waals surface area contributed by atoms with Gasteiger partial charge < -0.3 is 9.64 Å². The average Bonchev–Trinajstić information content (AvgIpc) is 3.52. The monoisotopic (exact) mass is 411 g/mol. The van der Waals surface area contributed by atoms with E-state index in [1.54, 1.807) is 0 Å². The zero-order valence-electron chi connectivity index (χ0n) is 17.3. The topological polar surface area (TPSA) is 90.5 Å². The highest BCUT2D eigenvalue weighted by atomic mass is 16.5. The number of amides is 1. The first-order valence-corrected chi connectivity index (χ1v) is 10.9. The van der Waals surface area contributed by atoms with Crippen molar-refractivity contribution in [2.24, 2.45) is 5.41 Å². The Morgan fingerprint density at radius 2 is 1.80 bits per heavy atom. The number of morpholine rings is 1. The summed E-state index contributed by atoms with van der Waals surface area (Å²) in [4.78, 5) is 20.1. The number of likely N-dealkylation sites (tertiary alicyclic amines) is 2. The Balaban J connectivity index is 1.15. The highest BCUT2D eigenvalue weighted by Crippen LogP contribution is 2.41. The number of nitrogens with one attached hydrogen (secondary N) is 1. The second-order valence-corrected chi connectivity index (χ2v) is 8.67. The van der Waals surface area contributed by atoms with Gasteiger partial charge in [0, 0.05) is 51.4 Å². The van der Waals surface area contributed by atoms with Crippen LogP contribution in [-0.4, -0.2) is 100 Å². The van der Waals surface area contributed by atoms with Gasteiger partial charge in [0.1, 0.15) is 0 Å². The molecule has 3 saturated heterocycles. The van der Waals surface area contributed by atoms with Crippen LogP contribution in [0.5, 0.6) is 0 Å². The van der Waals surface area contributed by atoms with Crippen molar-refractivity contribution in [3.8, 4) is 11.4 Å². The minimum Gasteiger partial charge on any atom is -0.379 e. The molecule has 30 heavy (non-hydrogen) atoms. The van der Waals surface area contributed by atoms with E-state index in [0.29, 0.717) is 11.7 Å². The van der Waals surface area contributed by atoms with Crippen molar-refractivity contribution in [2.45, 2.75) is 19.4 Å². The van der Waals surface area contributed by atoms with Crippen LogP contribution in [0.3, 0.4) is 0 Å². The molecule has 2 aromatic rings. The number of H-pyrrole nitrogens is 1. The Hall–Kier alpha value is -2.36. The lowest BCUT2D eigenvalue weighted by Crippen LogP contribution is -2.43. The van der Waals surface area contributed by atoms with Crippen LogP contribution in [0.1, 0.15) is 18.4 Å². The van der Waals surface area contributed by atoms with Gasteiger partial charge in [-0.25, -0.2) is 0 Å². The largest absolute Gasteiger partial charge is 0.379 e. The third-order valence-electron chi connectivity index (χ3n) is 6.79. The second kappa shape index (κ2) is 8.41. The van der Waals surface area contributed by atoms with E-state index in [1.807, 2.05) is 12.1 Å². The second-order valence-electron chi connectivity index (χ2n) is 8.67. The predicted octanol–water partition coefficient (Wildman–Crippen LogP) is 0.623. The highest BCUT2D eigenvalue weighted by molar-refractivity contribution is 5.85. The third kappa shape index (κ3) is 3.97. The van der Waals surface area contributed by atoms with Crippen LogP contribution < -0.4 is 0 Å². The number of hydrogen-bond donors (Lipinski definition) is 1. The fourth-order valence-corrected chi connectivity index (χ4v) is 4.97. The Bertz CT molecular complexity index is 851. The molecule has 9 heteroatoms. The summed E-state index contributed by atoms with van der Waals surface area (Å²) in [6.45, 7) is 9.00. The van der Waals surface area contributed by atoms with Crippen LogP contribution in [0.4, 0.5) is 0 Å². The van der Waals surface area contributed by atoms with E-state index in [2.05, 4.69) is 47.5 Å². The molecule has 3 aliphatic heterocycles. The number of carbonyl (C=O) groups is 1. The van der Waals surface area contributed by atoms with Crippen molar-refractivity contribution in [3.63, 3.8) is 0 Å². The van der Waals surface area contributed by atoms with Crippen LogP contribution in [0.15, 0.2) is 24.3 Å². The molecule has 1 amide bonds. The zero-order chi connectivity index (χ0) is 20.4. The summed E-state index contributed by atoms with van der Waals surface area (Å²) in [7, 11) is 0. The molecule has 1 atom stereocenters. The number of benzene rings is 1. The van der Waals surface area contributed by atoms with Crippen LogP contribution >= 0.6 is 0 Å². The van der Waals surface area contributed by atoms with Gasteiger partial charge in [-0.05, 0) is 30.2 Å². The zero-order valence-corrected chi connectivity index (χ0v) is 17.3. The van der Waals surface area contributed by atoms with E-state index in [4.69, 9.17) is 4.74 Å². The number of hydrogen-bond acceptors (Lipinski definition) is 7. The summed E-state index contributed by atoms with van der Waals surface area (Å²) in [5.41, 5.74) is 2.02. The summed E-state index contributed by atoms with van der Waals surface area (Å²) < 4.78 is 5.42. The van der Waals surface area contributed by atoms with Crippen LogP contribution in [0.25, 0.3) is 11.4 Å². The first-order chi connectivity index (χ1) is 14.7. The molecule has 3 aliphatic rings. The summed E-state index contributed by atoms with van der Waals surface area (Å²) in [6, 6.07) is 8.28. The molecule has 1 N–H and O–H groups in total. The third-order valence-corrected chi connectivity index (χ3v) is 6.79. The maximum absolute atomic E-state index is 13.2. The number of carbonyl (C=O) groups excluding carboxylic acids is 1. The van der Waals surface area contributed by atoms with Crippen molar-refractivity contribution in [3.05, 3.63) is 29.8 Å². The number of ether oxygens (including phenoxy) is 1. The minimum atomic E-state index is -0.171. The Kier molecular flexibility index (Phi) is 5.49. The van der Waals surface area contributed by atoms with E-state index >= 15 is 0 Å². The van der Waals surface area contributed by atoms with Gasteiger partial charge in [0.2, 0.25) is 11.7 Å². The van der Waals surface area contributed by atoms with Gasteiger partial charge in [0.05, 0.1) is 18.6 Å². The maximum Gasteiger partial charge on any atom is 0.230 e. The number of rotatable bonds is 6. The van der Waals surface area contributed by atoms with E-state index in [0.717, 1.165) is 84.0 Å². The Morgan fingerprint density at radius 1 is 1.00 bits per heavy atom. The van der Waals surface area contributed by atoms with E-state index in [9.17, 15) is 4.79 Å². The SMILES string of the molecule is O=C1N(CCN2CCOCC2)CCC12CCN(Cc1ccc(-c3nn[nH]n3)cc1)C2. The lowest BCUT2D eigenvalue weighted by atomic mass is 9.85. The summed E-state index contributed by atoms with van der Waals surface area (Å²) in [6.07, 6.45) is 1.96. The minimum absolute atomic E-state index is 0.171. The average molecular weight is 412 g/mol. The molecule has 0 radical (unpaired) electrons. The molecule has 0 aliphatic carbocycles. The molecule has 3 fully saturated rings. The predicted molar refractivity (Wildman–Crippen MR) is 110 cm³/mol. The smallest absolute Gasteiger partial charge is 0.230 e. The van der Waals surface area contributed by atoms with Gasteiger partial charge in [-0.15, -0.1) is 10.2 Å². The van der Waals surface area contributed by atoms with Gasteiger partial charge >= 0.3 is 0 Å². The van der Waals surface area contributed by atoms with E-state index in [1.165, 1.54) is 5.56 Å². The summed E-state index contributed by atoms with van der Waals surface area (Å²) in [5, 5.41) is 14.1. The van der Waals surface area contributed by atoms with Crippen molar-refractivity contribution in [1.29, 1.82) is 0 Å². The lowest BCUT2D eigenvalue weighted by molar-refractivity contribution is -0.135. The molecular weight excluding hydrogens is 382 g/mol. The highest BCUT2D eigenvalue weighted by Gasteiger charge is 2.50. The summed E-state index contributed by atoms with van der Waals surface area (Å²) in [5.74, 6) is 0.973. The van der Waals surface area contributed by atoms with Crippen LogP contribution in [0.2, 0.25) is 0 Å². The first-order valence-electron chi connectivity index (χ1n) is 10.9. The molecule has 1 aromatic heterocycles. The number of tetrazole rings is 1. The van der Waals surface area contributed by atoms with Crippen LogP contribution in [-0.2, 0) is 16.1 Å². The van der Waals surface area contributed by atoms with E-state index in [-0.39, 0.29) is 5.41 Å². The molecule has 160 valence electrons. The molecule has 4 heterocycles. The van der Waals surface area contributed by atoms with Crippen LogP contribution in [0, 0.1) is 5.41 Å². The van der Waals surface area contributed by atoms with Crippen molar-refractivity contribution in [2.75, 3.05) is 59.0 Å². The Morgan fingerprint density at radius 3 is 2.57 bits per heavy atom. The molecule has 1 unspecified atom stereocenters.